The van der Waals surface area contributed by atoms with Crippen LogP contribution in [0.25, 0.3) is 10.9 Å². The SMILES string of the molecule is Cc1cnccc1NC(=O)C(C)Cn1c2c(c3cc(Cl)ccc31)C1CCC(C2)N1C. The van der Waals surface area contributed by atoms with E-state index >= 15 is 0 Å². The van der Waals surface area contributed by atoms with Gasteiger partial charge in [-0.2, -0.15) is 0 Å². The fraction of sp³-hybridized carbons (Fsp3) is 0.417. The van der Waals surface area contributed by atoms with Gasteiger partial charge in [-0.1, -0.05) is 18.5 Å². The number of hydrogen-bond acceptors (Lipinski definition) is 3. The van der Waals surface area contributed by atoms with Gasteiger partial charge in [0.25, 0.3) is 0 Å². The van der Waals surface area contributed by atoms with E-state index in [0.717, 1.165) is 22.7 Å². The number of carbonyl (C=O) groups is 1. The molecule has 1 saturated heterocycles. The van der Waals surface area contributed by atoms with Gasteiger partial charge in [-0.3, -0.25) is 14.7 Å². The average Bonchev–Trinajstić information content (AvgIpc) is 3.13. The molecule has 156 valence electrons. The molecule has 30 heavy (non-hydrogen) atoms. The number of rotatable bonds is 4. The van der Waals surface area contributed by atoms with Gasteiger partial charge in [-0.25, -0.2) is 0 Å². The minimum Gasteiger partial charge on any atom is -0.343 e. The molecule has 2 aromatic heterocycles. The molecule has 2 bridgehead atoms. The highest BCUT2D eigenvalue weighted by Gasteiger charge is 2.41. The van der Waals surface area contributed by atoms with E-state index in [4.69, 9.17) is 11.6 Å². The van der Waals surface area contributed by atoms with E-state index in [2.05, 4.69) is 38.9 Å². The van der Waals surface area contributed by atoms with Crippen LogP contribution in [0.3, 0.4) is 0 Å². The van der Waals surface area contributed by atoms with E-state index in [1.165, 1.54) is 35.0 Å². The largest absolute Gasteiger partial charge is 0.343 e. The van der Waals surface area contributed by atoms with Gasteiger partial charge < -0.3 is 9.88 Å². The number of nitrogens with one attached hydrogen (secondary N) is 1. The van der Waals surface area contributed by atoms with E-state index in [1.54, 1.807) is 12.4 Å². The lowest BCUT2D eigenvalue weighted by Crippen LogP contribution is -2.35. The molecular formula is C24H27ClN4O. The first-order valence-electron chi connectivity index (χ1n) is 10.7. The van der Waals surface area contributed by atoms with Crippen molar-refractivity contribution >= 4 is 34.1 Å². The molecule has 5 nitrogen and oxygen atoms in total. The fourth-order valence-electron chi connectivity index (χ4n) is 5.26. The molecule has 1 fully saturated rings. The van der Waals surface area contributed by atoms with Crippen molar-refractivity contribution < 1.29 is 4.79 Å². The summed E-state index contributed by atoms with van der Waals surface area (Å²) in [6, 6.07) is 9.06. The van der Waals surface area contributed by atoms with Crippen LogP contribution >= 0.6 is 11.6 Å². The monoisotopic (exact) mass is 422 g/mol. The highest BCUT2D eigenvalue weighted by atomic mass is 35.5. The lowest BCUT2D eigenvalue weighted by atomic mass is 9.97. The molecule has 1 aromatic carbocycles. The predicted molar refractivity (Wildman–Crippen MR) is 121 cm³/mol. The van der Waals surface area contributed by atoms with Gasteiger partial charge in [-0.05, 0) is 62.2 Å². The fourth-order valence-corrected chi connectivity index (χ4v) is 5.43. The molecule has 6 heteroatoms. The van der Waals surface area contributed by atoms with Crippen LogP contribution in [0, 0.1) is 12.8 Å². The van der Waals surface area contributed by atoms with Crippen molar-refractivity contribution in [2.45, 2.75) is 51.7 Å². The van der Waals surface area contributed by atoms with E-state index < -0.39 is 0 Å². The molecule has 0 saturated carbocycles. The quantitative estimate of drug-likeness (QED) is 0.646. The third-order valence-electron chi connectivity index (χ3n) is 6.96. The Balaban J connectivity index is 1.50. The summed E-state index contributed by atoms with van der Waals surface area (Å²) in [5.41, 5.74) is 5.79. The summed E-state index contributed by atoms with van der Waals surface area (Å²) < 4.78 is 2.38. The second-order valence-corrected chi connectivity index (χ2v) is 9.27. The first-order chi connectivity index (χ1) is 14.4. The van der Waals surface area contributed by atoms with E-state index in [-0.39, 0.29) is 11.8 Å². The molecule has 2 aliphatic heterocycles. The van der Waals surface area contributed by atoms with Gasteiger partial charge in [0.2, 0.25) is 5.91 Å². The van der Waals surface area contributed by atoms with Gasteiger partial charge in [0, 0.05) is 64.7 Å². The number of benzene rings is 1. The molecule has 1 amide bonds. The Morgan fingerprint density at radius 1 is 1.33 bits per heavy atom. The van der Waals surface area contributed by atoms with Gasteiger partial charge in [0.15, 0.2) is 0 Å². The van der Waals surface area contributed by atoms with Crippen molar-refractivity contribution in [1.82, 2.24) is 14.5 Å². The number of carbonyl (C=O) groups excluding carboxylic acids is 1. The Hall–Kier alpha value is -2.37. The lowest BCUT2D eigenvalue weighted by Gasteiger charge is -2.32. The zero-order valence-electron chi connectivity index (χ0n) is 17.7. The average molecular weight is 423 g/mol. The standard InChI is InChI=1S/C24H27ClN4O/c1-14-12-26-9-8-19(14)27-24(30)15(2)13-29-20-6-4-16(25)10-18(20)23-21-7-5-17(28(21)3)11-22(23)29/h4,6,8-10,12,15,17,21H,5,7,11,13H2,1-3H3,(H,26,27,30). The van der Waals surface area contributed by atoms with Crippen molar-refractivity contribution in [2.75, 3.05) is 12.4 Å². The molecular weight excluding hydrogens is 396 g/mol. The second-order valence-electron chi connectivity index (χ2n) is 8.83. The summed E-state index contributed by atoms with van der Waals surface area (Å²) in [4.78, 5) is 19.6. The lowest BCUT2D eigenvalue weighted by molar-refractivity contribution is -0.119. The maximum absolute atomic E-state index is 13.0. The summed E-state index contributed by atoms with van der Waals surface area (Å²) in [6.07, 6.45) is 6.93. The smallest absolute Gasteiger partial charge is 0.229 e. The van der Waals surface area contributed by atoms with Crippen LogP contribution in [0.2, 0.25) is 5.02 Å². The van der Waals surface area contributed by atoms with E-state index in [9.17, 15) is 4.79 Å². The molecule has 0 radical (unpaired) electrons. The Morgan fingerprint density at radius 2 is 2.17 bits per heavy atom. The van der Waals surface area contributed by atoms with Crippen molar-refractivity contribution in [3.63, 3.8) is 0 Å². The number of likely N-dealkylation sites (N-methyl/N-ethyl adjacent to an activating group) is 1. The highest BCUT2D eigenvalue weighted by molar-refractivity contribution is 6.31. The zero-order valence-corrected chi connectivity index (χ0v) is 18.4. The molecule has 3 atom stereocenters. The number of aryl methyl sites for hydroxylation is 1. The highest BCUT2D eigenvalue weighted by Crippen LogP contribution is 2.47. The Morgan fingerprint density at radius 3 is 2.97 bits per heavy atom. The minimum atomic E-state index is -0.162. The number of nitrogens with zero attached hydrogens (tertiary/aromatic N) is 3. The first kappa shape index (κ1) is 19.6. The molecule has 2 aliphatic rings. The van der Waals surface area contributed by atoms with Crippen LogP contribution in [0.1, 0.15) is 42.6 Å². The maximum atomic E-state index is 13.0. The second kappa shape index (κ2) is 7.40. The van der Waals surface area contributed by atoms with Crippen molar-refractivity contribution in [3.05, 3.63) is 58.5 Å². The summed E-state index contributed by atoms with van der Waals surface area (Å²) in [7, 11) is 2.24. The molecule has 0 spiro atoms. The number of halogens is 1. The summed E-state index contributed by atoms with van der Waals surface area (Å²) in [6.45, 7) is 4.62. The van der Waals surface area contributed by atoms with Gasteiger partial charge in [-0.15, -0.1) is 0 Å². The van der Waals surface area contributed by atoms with Gasteiger partial charge in [0.1, 0.15) is 0 Å². The molecule has 3 unspecified atom stereocenters. The first-order valence-corrected chi connectivity index (χ1v) is 11.1. The summed E-state index contributed by atoms with van der Waals surface area (Å²) in [5.74, 6) is -0.130. The molecule has 1 N–H and O–H groups in total. The van der Waals surface area contributed by atoms with E-state index in [1.807, 2.05) is 26.0 Å². The molecule has 4 heterocycles. The number of anilines is 1. The number of amides is 1. The summed E-state index contributed by atoms with van der Waals surface area (Å²) >= 11 is 6.38. The topological polar surface area (TPSA) is 50.2 Å². The number of fused-ring (bicyclic) bond motifs is 6. The van der Waals surface area contributed by atoms with E-state index in [0.29, 0.717) is 18.6 Å². The molecule has 0 aliphatic carbocycles. The van der Waals surface area contributed by atoms with Crippen LogP contribution in [0.4, 0.5) is 5.69 Å². The van der Waals surface area contributed by atoms with Crippen molar-refractivity contribution in [2.24, 2.45) is 5.92 Å². The van der Waals surface area contributed by atoms with Crippen molar-refractivity contribution in [3.8, 4) is 0 Å². The normalized spacial score (nSPS) is 21.6. The Bertz CT molecular complexity index is 1140. The van der Waals surface area contributed by atoms with Crippen LogP contribution in [-0.2, 0) is 17.8 Å². The van der Waals surface area contributed by atoms with Crippen LogP contribution in [0.15, 0.2) is 36.7 Å². The summed E-state index contributed by atoms with van der Waals surface area (Å²) in [5, 5.41) is 5.09. The molecule has 5 rings (SSSR count). The minimum absolute atomic E-state index is 0.0322. The maximum Gasteiger partial charge on any atom is 0.229 e. The Kier molecular flexibility index (Phi) is 4.83. The third-order valence-corrected chi connectivity index (χ3v) is 7.20. The number of hydrogen-bond donors (Lipinski definition) is 1. The van der Waals surface area contributed by atoms with Gasteiger partial charge in [0.05, 0.1) is 5.92 Å². The zero-order chi connectivity index (χ0) is 21.0. The van der Waals surface area contributed by atoms with Crippen LogP contribution in [0.5, 0.6) is 0 Å². The molecule has 3 aromatic rings. The van der Waals surface area contributed by atoms with Crippen molar-refractivity contribution in [1.29, 1.82) is 0 Å². The Labute approximate surface area is 182 Å². The van der Waals surface area contributed by atoms with Crippen LogP contribution < -0.4 is 5.32 Å². The van der Waals surface area contributed by atoms with Gasteiger partial charge >= 0.3 is 0 Å². The predicted octanol–water partition coefficient (Wildman–Crippen LogP) is 4.96. The third kappa shape index (κ3) is 3.12. The van der Waals surface area contributed by atoms with Crippen LogP contribution in [-0.4, -0.2) is 33.4 Å². The number of pyridine rings is 1. The number of aromatic nitrogens is 2.